The smallest absolute Gasteiger partial charge is 0.248 e. The molecular weight excluding hydrogens is 274 g/mol. The fourth-order valence-electron chi connectivity index (χ4n) is 2.50. The second-order valence-corrected chi connectivity index (χ2v) is 5.44. The highest BCUT2D eigenvalue weighted by Gasteiger charge is 2.11. The van der Waals surface area contributed by atoms with Crippen LogP contribution in [0, 0.1) is 20.8 Å². The molecule has 4 nitrogen and oxygen atoms in total. The molecule has 112 valence electrons. The van der Waals surface area contributed by atoms with E-state index in [9.17, 15) is 0 Å². The third-order valence-corrected chi connectivity index (χ3v) is 3.74. The number of nitrogens with one attached hydrogen (secondary N) is 1. The lowest BCUT2D eigenvalue weighted by Crippen LogP contribution is -2.03. The highest BCUT2D eigenvalue weighted by atomic mass is 16.4. The van der Waals surface area contributed by atoms with Crippen LogP contribution < -0.4 is 5.32 Å². The Hall–Kier alpha value is -2.62. The lowest BCUT2D eigenvalue weighted by Gasteiger charge is -2.10. The number of rotatable bonds is 4. The van der Waals surface area contributed by atoms with Crippen molar-refractivity contribution in [2.45, 2.75) is 27.3 Å². The monoisotopic (exact) mass is 293 g/mol. The highest BCUT2D eigenvalue weighted by Crippen LogP contribution is 2.23. The average molecular weight is 293 g/mol. The summed E-state index contributed by atoms with van der Waals surface area (Å²) < 4.78 is 5.77. The zero-order chi connectivity index (χ0) is 15.5. The van der Waals surface area contributed by atoms with Crippen molar-refractivity contribution in [3.8, 4) is 11.5 Å². The molecule has 0 saturated carbocycles. The van der Waals surface area contributed by atoms with Gasteiger partial charge >= 0.3 is 0 Å². The van der Waals surface area contributed by atoms with E-state index < -0.39 is 0 Å². The molecule has 0 amide bonds. The third kappa shape index (κ3) is 2.86. The summed E-state index contributed by atoms with van der Waals surface area (Å²) in [5, 5.41) is 11.7. The summed E-state index contributed by atoms with van der Waals surface area (Å²) in [6.45, 7) is 6.72. The van der Waals surface area contributed by atoms with Gasteiger partial charge in [0.2, 0.25) is 11.8 Å². The van der Waals surface area contributed by atoms with Gasteiger partial charge in [0.05, 0.1) is 6.54 Å². The topological polar surface area (TPSA) is 51.0 Å². The Morgan fingerprint density at radius 3 is 2.27 bits per heavy atom. The second-order valence-electron chi connectivity index (χ2n) is 5.44. The summed E-state index contributed by atoms with van der Waals surface area (Å²) in [5.41, 5.74) is 5.64. The summed E-state index contributed by atoms with van der Waals surface area (Å²) in [6.07, 6.45) is 0. The van der Waals surface area contributed by atoms with Crippen molar-refractivity contribution in [2.24, 2.45) is 0 Å². The van der Waals surface area contributed by atoms with Crippen LogP contribution >= 0.6 is 0 Å². The van der Waals surface area contributed by atoms with Crippen LogP contribution in [0.4, 0.5) is 5.69 Å². The van der Waals surface area contributed by atoms with Gasteiger partial charge in [-0.05, 0) is 43.5 Å². The summed E-state index contributed by atoms with van der Waals surface area (Å²) in [7, 11) is 0. The first-order chi connectivity index (χ1) is 10.6. The Labute approximate surface area is 130 Å². The molecule has 0 radical (unpaired) electrons. The summed E-state index contributed by atoms with van der Waals surface area (Å²) in [4.78, 5) is 0. The van der Waals surface area contributed by atoms with Crippen LogP contribution in [0.15, 0.2) is 46.9 Å². The SMILES string of the molecule is Cc1ccccc1-c1nnc(CNc2c(C)cccc2C)o1. The average Bonchev–Trinajstić information content (AvgIpc) is 2.96. The molecule has 2 aromatic carbocycles. The van der Waals surface area contributed by atoms with Gasteiger partial charge in [0.25, 0.3) is 0 Å². The van der Waals surface area contributed by atoms with Gasteiger partial charge in [-0.15, -0.1) is 10.2 Å². The van der Waals surface area contributed by atoms with Crippen LogP contribution in [0.3, 0.4) is 0 Å². The first kappa shape index (κ1) is 14.3. The molecule has 1 heterocycles. The van der Waals surface area contributed by atoms with E-state index in [2.05, 4.69) is 47.6 Å². The normalized spacial score (nSPS) is 10.7. The Kier molecular flexibility index (Phi) is 3.92. The van der Waals surface area contributed by atoms with E-state index >= 15 is 0 Å². The van der Waals surface area contributed by atoms with Crippen molar-refractivity contribution in [3.63, 3.8) is 0 Å². The zero-order valence-electron chi connectivity index (χ0n) is 13.1. The zero-order valence-corrected chi connectivity index (χ0v) is 13.1. The van der Waals surface area contributed by atoms with Gasteiger partial charge < -0.3 is 9.73 Å². The van der Waals surface area contributed by atoms with Crippen molar-refractivity contribution in [1.82, 2.24) is 10.2 Å². The number of aryl methyl sites for hydroxylation is 3. The summed E-state index contributed by atoms with van der Waals surface area (Å²) >= 11 is 0. The molecule has 0 spiro atoms. The van der Waals surface area contributed by atoms with E-state index in [1.54, 1.807) is 0 Å². The lowest BCUT2D eigenvalue weighted by molar-refractivity contribution is 0.514. The van der Waals surface area contributed by atoms with Gasteiger partial charge in [-0.2, -0.15) is 0 Å². The maximum atomic E-state index is 5.77. The Bertz CT molecular complexity index is 772. The second kappa shape index (κ2) is 6.02. The molecule has 0 saturated heterocycles. The maximum absolute atomic E-state index is 5.77. The van der Waals surface area contributed by atoms with E-state index in [1.807, 2.05) is 31.2 Å². The van der Waals surface area contributed by atoms with Crippen molar-refractivity contribution >= 4 is 5.69 Å². The van der Waals surface area contributed by atoms with Gasteiger partial charge in [-0.1, -0.05) is 36.4 Å². The Morgan fingerprint density at radius 1 is 0.864 bits per heavy atom. The number of anilines is 1. The predicted octanol–water partition coefficient (Wildman–Crippen LogP) is 4.27. The van der Waals surface area contributed by atoms with E-state index in [4.69, 9.17) is 4.42 Å². The fourth-order valence-corrected chi connectivity index (χ4v) is 2.50. The van der Waals surface area contributed by atoms with Gasteiger partial charge in [-0.25, -0.2) is 0 Å². The molecule has 0 atom stereocenters. The number of aromatic nitrogens is 2. The molecule has 4 heteroatoms. The summed E-state index contributed by atoms with van der Waals surface area (Å²) in [5.74, 6) is 1.15. The molecule has 0 aliphatic carbocycles. The fraction of sp³-hybridized carbons (Fsp3) is 0.222. The van der Waals surface area contributed by atoms with Gasteiger partial charge in [0.15, 0.2) is 0 Å². The van der Waals surface area contributed by atoms with Crippen LogP contribution in [-0.4, -0.2) is 10.2 Å². The maximum Gasteiger partial charge on any atom is 0.248 e. The van der Waals surface area contributed by atoms with Crippen molar-refractivity contribution < 1.29 is 4.42 Å². The largest absolute Gasteiger partial charge is 0.419 e. The van der Waals surface area contributed by atoms with Crippen LogP contribution in [0.1, 0.15) is 22.6 Å². The minimum atomic E-state index is 0.518. The van der Waals surface area contributed by atoms with Gasteiger partial charge in [0, 0.05) is 11.3 Å². The number of nitrogens with zero attached hydrogens (tertiary/aromatic N) is 2. The Balaban J connectivity index is 1.77. The Morgan fingerprint density at radius 2 is 1.55 bits per heavy atom. The van der Waals surface area contributed by atoms with E-state index in [1.165, 1.54) is 11.1 Å². The molecular formula is C18H19N3O. The number of hydrogen-bond acceptors (Lipinski definition) is 4. The molecule has 0 fully saturated rings. The van der Waals surface area contributed by atoms with Crippen molar-refractivity contribution in [2.75, 3.05) is 5.32 Å². The third-order valence-electron chi connectivity index (χ3n) is 3.74. The van der Waals surface area contributed by atoms with Crippen LogP contribution in [0.25, 0.3) is 11.5 Å². The molecule has 0 aliphatic heterocycles. The molecule has 3 aromatic rings. The van der Waals surface area contributed by atoms with Crippen LogP contribution in [-0.2, 0) is 6.54 Å². The first-order valence-electron chi connectivity index (χ1n) is 7.33. The van der Waals surface area contributed by atoms with Crippen molar-refractivity contribution in [1.29, 1.82) is 0 Å². The minimum absolute atomic E-state index is 0.518. The quantitative estimate of drug-likeness (QED) is 0.780. The van der Waals surface area contributed by atoms with Gasteiger partial charge in [-0.3, -0.25) is 0 Å². The molecule has 3 rings (SSSR count). The van der Waals surface area contributed by atoms with E-state index in [0.29, 0.717) is 18.3 Å². The predicted molar refractivity (Wildman–Crippen MR) is 87.7 cm³/mol. The first-order valence-corrected chi connectivity index (χ1v) is 7.33. The van der Waals surface area contributed by atoms with Gasteiger partial charge in [0.1, 0.15) is 0 Å². The number of para-hydroxylation sites is 1. The van der Waals surface area contributed by atoms with E-state index in [-0.39, 0.29) is 0 Å². The van der Waals surface area contributed by atoms with Crippen molar-refractivity contribution in [3.05, 3.63) is 65.0 Å². The number of benzene rings is 2. The molecule has 0 bridgehead atoms. The van der Waals surface area contributed by atoms with E-state index in [0.717, 1.165) is 16.8 Å². The molecule has 0 unspecified atom stereocenters. The lowest BCUT2D eigenvalue weighted by atomic mass is 10.1. The molecule has 22 heavy (non-hydrogen) atoms. The molecule has 1 N–H and O–H groups in total. The highest BCUT2D eigenvalue weighted by molar-refractivity contribution is 5.58. The van der Waals surface area contributed by atoms with Crippen LogP contribution in [0.2, 0.25) is 0 Å². The minimum Gasteiger partial charge on any atom is -0.419 e. The number of hydrogen-bond donors (Lipinski definition) is 1. The standard InChI is InChI=1S/C18H19N3O/c1-12-7-4-5-10-15(12)18-21-20-16(22-18)11-19-17-13(2)8-6-9-14(17)3/h4-10,19H,11H2,1-3H3. The van der Waals surface area contributed by atoms with Crippen LogP contribution in [0.5, 0.6) is 0 Å². The molecule has 1 aromatic heterocycles. The molecule has 0 aliphatic rings. The summed E-state index contributed by atoms with van der Waals surface area (Å²) in [6, 6.07) is 14.2.